The van der Waals surface area contributed by atoms with Crippen molar-refractivity contribution >= 4 is 5.91 Å². The van der Waals surface area contributed by atoms with Gasteiger partial charge in [0.15, 0.2) is 0 Å². The molecule has 0 aromatic carbocycles. The molecule has 0 aromatic heterocycles. The highest BCUT2D eigenvalue weighted by Crippen LogP contribution is 2.18. The van der Waals surface area contributed by atoms with Gasteiger partial charge in [0, 0.05) is 0 Å². The van der Waals surface area contributed by atoms with Gasteiger partial charge >= 0.3 is 0 Å². The summed E-state index contributed by atoms with van der Waals surface area (Å²) in [7, 11) is 0. The third-order valence-electron chi connectivity index (χ3n) is 13.6. The van der Waals surface area contributed by atoms with Crippen LogP contribution < -0.4 is 5.32 Å². The van der Waals surface area contributed by atoms with Crippen molar-refractivity contribution in [2.75, 3.05) is 6.61 Å². The minimum absolute atomic E-state index is 0.364. The van der Waals surface area contributed by atoms with Gasteiger partial charge in [0.1, 0.15) is 12.2 Å². The van der Waals surface area contributed by atoms with Gasteiger partial charge in [0.2, 0.25) is 5.91 Å². The van der Waals surface area contributed by atoms with Gasteiger partial charge in [-0.1, -0.05) is 289 Å². The Kier molecular flexibility index (Phi) is 51.8. The van der Waals surface area contributed by atoms with Crippen LogP contribution in [0.2, 0.25) is 0 Å². The van der Waals surface area contributed by atoms with Gasteiger partial charge in [-0.05, 0) is 44.9 Å². The van der Waals surface area contributed by atoms with E-state index in [0.29, 0.717) is 19.3 Å². The van der Waals surface area contributed by atoms with Crippen LogP contribution in [0.4, 0.5) is 0 Å². The maximum absolute atomic E-state index is 12.5. The predicted molar refractivity (Wildman–Crippen MR) is 279 cm³/mol. The SMILES string of the molecule is CCC/C=C/CC/C=C/CCCC(O)C(O)C(CO)NC(=O)C(O)CCCCCCCCCCCCCCCCCCCCCCCCCCCCCCCCCCCCCCCC. The number of amides is 1. The fourth-order valence-corrected chi connectivity index (χ4v) is 9.14. The highest BCUT2D eigenvalue weighted by molar-refractivity contribution is 5.80. The molecular formula is C58H113NO5. The van der Waals surface area contributed by atoms with E-state index in [1.807, 2.05) is 0 Å². The van der Waals surface area contributed by atoms with Gasteiger partial charge in [-0.25, -0.2) is 0 Å². The highest BCUT2D eigenvalue weighted by Gasteiger charge is 2.28. The molecule has 6 heteroatoms. The van der Waals surface area contributed by atoms with Crippen LogP contribution in [0.25, 0.3) is 0 Å². The Labute approximate surface area is 399 Å². The van der Waals surface area contributed by atoms with Gasteiger partial charge in [-0.3, -0.25) is 4.79 Å². The minimum atomic E-state index is -1.29. The van der Waals surface area contributed by atoms with Crippen molar-refractivity contribution in [3.63, 3.8) is 0 Å². The molecule has 0 aliphatic carbocycles. The normalized spacial score (nSPS) is 13.9. The molecule has 4 unspecified atom stereocenters. The number of hydrogen-bond donors (Lipinski definition) is 5. The fourth-order valence-electron chi connectivity index (χ4n) is 9.14. The number of allylic oxidation sites excluding steroid dienone is 4. The Morgan fingerprint density at radius 3 is 0.984 bits per heavy atom. The van der Waals surface area contributed by atoms with E-state index in [-0.39, 0.29) is 0 Å². The van der Waals surface area contributed by atoms with E-state index >= 15 is 0 Å². The molecule has 6 nitrogen and oxygen atoms in total. The smallest absolute Gasteiger partial charge is 0.249 e. The second-order valence-corrected chi connectivity index (χ2v) is 20.0. The summed E-state index contributed by atoms with van der Waals surface area (Å²) in [5, 5.41) is 43.6. The average molecular weight is 905 g/mol. The number of rotatable bonds is 53. The predicted octanol–water partition coefficient (Wildman–Crippen LogP) is 16.6. The molecule has 0 saturated heterocycles. The molecule has 0 spiro atoms. The van der Waals surface area contributed by atoms with Crippen LogP contribution >= 0.6 is 0 Å². The van der Waals surface area contributed by atoms with E-state index in [2.05, 4.69) is 43.5 Å². The molecule has 0 aliphatic heterocycles. The summed E-state index contributed by atoms with van der Waals surface area (Å²) in [5.74, 6) is -0.595. The lowest BCUT2D eigenvalue weighted by molar-refractivity contribution is -0.132. The number of unbranched alkanes of at least 4 members (excludes halogenated alkanes) is 40. The topological polar surface area (TPSA) is 110 Å². The number of nitrogens with one attached hydrogen (secondary N) is 1. The Bertz CT molecular complexity index is 970. The number of carbonyl (C=O) groups excluding carboxylic acids is 1. The quantitative estimate of drug-likeness (QED) is 0.0308. The zero-order valence-electron chi connectivity index (χ0n) is 43.0. The number of aliphatic hydroxyl groups excluding tert-OH is 4. The Balaban J connectivity index is 3.44. The average Bonchev–Trinajstić information content (AvgIpc) is 3.30. The molecule has 4 atom stereocenters. The molecule has 380 valence electrons. The van der Waals surface area contributed by atoms with Crippen LogP contribution in [0.1, 0.15) is 309 Å². The molecule has 0 fully saturated rings. The van der Waals surface area contributed by atoms with Gasteiger partial charge < -0.3 is 25.7 Å². The Morgan fingerprint density at radius 1 is 0.375 bits per heavy atom. The van der Waals surface area contributed by atoms with Crippen molar-refractivity contribution in [1.29, 1.82) is 0 Å². The van der Waals surface area contributed by atoms with Crippen LogP contribution in [0.5, 0.6) is 0 Å². The summed E-state index contributed by atoms with van der Waals surface area (Å²) in [5.41, 5.74) is 0. The summed E-state index contributed by atoms with van der Waals surface area (Å²) < 4.78 is 0. The van der Waals surface area contributed by atoms with Crippen LogP contribution in [0, 0.1) is 0 Å². The van der Waals surface area contributed by atoms with E-state index in [4.69, 9.17) is 0 Å². The summed E-state index contributed by atoms with van der Waals surface area (Å²) in [6.45, 7) is 3.97. The fraction of sp³-hybridized carbons (Fsp3) is 0.914. The highest BCUT2D eigenvalue weighted by atomic mass is 16.3. The molecule has 0 rings (SSSR count). The van der Waals surface area contributed by atoms with Gasteiger partial charge in [-0.2, -0.15) is 0 Å². The van der Waals surface area contributed by atoms with Crippen LogP contribution in [-0.4, -0.2) is 57.3 Å². The monoisotopic (exact) mass is 904 g/mol. The minimum Gasteiger partial charge on any atom is -0.394 e. The molecule has 0 saturated carbocycles. The zero-order chi connectivity index (χ0) is 46.7. The van der Waals surface area contributed by atoms with Crippen molar-refractivity contribution in [3.8, 4) is 0 Å². The Hall–Kier alpha value is -1.21. The molecule has 0 aliphatic rings. The third kappa shape index (κ3) is 45.9. The summed E-state index contributed by atoms with van der Waals surface area (Å²) in [6, 6.07) is -1.00. The molecule has 1 amide bonds. The first-order valence-electron chi connectivity index (χ1n) is 28.7. The van der Waals surface area contributed by atoms with Gasteiger partial charge in [0.05, 0.1) is 18.8 Å². The van der Waals surface area contributed by atoms with Crippen LogP contribution in [0.3, 0.4) is 0 Å². The number of hydrogen-bond acceptors (Lipinski definition) is 5. The van der Waals surface area contributed by atoms with Crippen molar-refractivity contribution in [3.05, 3.63) is 24.3 Å². The van der Waals surface area contributed by atoms with Crippen molar-refractivity contribution < 1.29 is 25.2 Å². The van der Waals surface area contributed by atoms with E-state index in [9.17, 15) is 25.2 Å². The lowest BCUT2D eigenvalue weighted by atomic mass is 10.00. The number of aliphatic hydroxyl groups is 4. The molecule has 0 aromatic rings. The molecule has 5 N–H and O–H groups in total. The third-order valence-corrected chi connectivity index (χ3v) is 13.6. The second-order valence-electron chi connectivity index (χ2n) is 20.0. The summed E-state index contributed by atoms with van der Waals surface area (Å²) >= 11 is 0. The van der Waals surface area contributed by atoms with E-state index in [1.165, 1.54) is 231 Å². The molecular weight excluding hydrogens is 791 g/mol. The molecule has 0 heterocycles. The first-order chi connectivity index (χ1) is 31.5. The maximum atomic E-state index is 12.5. The number of carbonyl (C=O) groups is 1. The lowest BCUT2D eigenvalue weighted by Crippen LogP contribution is -2.53. The lowest BCUT2D eigenvalue weighted by Gasteiger charge is -2.27. The van der Waals surface area contributed by atoms with Crippen molar-refractivity contribution in [2.45, 2.75) is 334 Å². The molecule has 0 radical (unpaired) electrons. The molecule has 64 heavy (non-hydrogen) atoms. The van der Waals surface area contributed by atoms with Gasteiger partial charge in [0.25, 0.3) is 0 Å². The summed E-state index contributed by atoms with van der Waals surface area (Å²) in [4.78, 5) is 12.5. The Morgan fingerprint density at radius 2 is 0.672 bits per heavy atom. The van der Waals surface area contributed by atoms with Gasteiger partial charge in [-0.15, -0.1) is 0 Å². The van der Waals surface area contributed by atoms with E-state index in [1.54, 1.807) is 0 Å². The first kappa shape index (κ1) is 62.8. The maximum Gasteiger partial charge on any atom is 0.249 e. The zero-order valence-corrected chi connectivity index (χ0v) is 43.0. The van der Waals surface area contributed by atoms with Crippen LogP contribution in [-0.2, 0) is 4.79 Å². The molecule has 0 bridgehead atoms. The van der Waals surface area contributed by atoms with Crippen molar-refractivity contribution in [1.82, 2.24) is 5.32 Å². The van der Waals surface area contributed by atoms with E-state index < -0.39 is 36.9 Å². The van der Waals surface area contributed by atoms with E-state index in [0.717, 1.165) is 44.9 Å². The van der Waals surface area contributed by atoms with Crippen LogP contribution in [0.15, 0.2) is 24.3 Å². The van der Waals surface area contributed by atoms with Crippen molar-refractivity contribution in [2.24, 2.45) is 0 Å². The first-order valence-corrected chi connectivity index (χ1v) is 28.7. The summed E-state index contributed by atoms with van der Waals surface area (Å²) in [6.07, 6.45) is 64.5. The second kappa shape index (κ2) is 52.8. The standard InChI is InChI=1S/C58H113NO5/c1-3-5-7-9-11-13-15-16-17-18-19-20-21-22-23-24-25-26-27-28-29-30-31-32-33-34-35-36-37-38-39-40-41-42-44-46-48-50-52-56(62)58(64)59-54(53-60)57(63)55(61)51-49-47-45-43-14-12-10-8-6-4-2/h8,10,43,45,54-57,60-63H,3-7,9,11-42,44,46-53H2,1-2H3,(H,59,64)/b10-8+,45-43+. The largest absolute Gasteiger partial charge is 0.394 e.